The van der Waals surface area contributed by atoms with Crippen LogP contribution in [0.2, 0.25) is 0 Å². The lowest BCUT2D eigenvalue weighted by Gasteiger charge is -2.22. The lowest BCUT2D eigenvalue weighted by atomic mass is 10.2. The molecule has 0 spiro atoms. The second-order valence-corrected chi connectivity index (χ2v) is 9.28. The fraction of sp³-hybridized carbons (Fsp3) is 0.269. The Bertz CT molecular complexity index is 1680. The summed E-state index contributed by atoms with van der Waals surface area (Å²) < 4.78 is 48.2. The first-order valence-corrected chi connectivity index (χ1v) is 12.1. The number of anilines is 2. The Morgan fingerprint density at radius 2 is 1.95 bits per heavy atom. The van der Waals surface area contributed by atoms with Gasteiger partial charge in [-0.3, -0.25) is 4.90 Å². The highest BCUT2D eigenvalue weighted by Gasteiger charge is 2.49. The van der Waals surface area contributed by atoms with Crippen molar-refractivity contribution in [2.45, 2.75) is 19.0 Å². The van der Waals surface area contributed by atoms with Gasteiger partial charge in [-0.05, 0) is 43.8 Å². The summed E-state index contributed by atoms with van der Waals surface area (Å²) in [4.78, 5) is 18.5. The van der Waals surface area contributed by atoms with Crippen molar-refractivity contribution >= 4 is 28.1 Å². The molecule has 13 heteroatoms. The van der Waals surface area contributed by atoms with Crippen LogP contribution in [0.1, 0.15) is 5.56 Å². The highest BCUT2D eigenvalue weighted by molar-refractivity contribution is 5.96. The SMILES string of the molecule is COc1ncc2ncnc(Nc3ccc(Oc4ccn5ncnc5c4)c(C)c3)c2c1O[C@H]1CN(C)CC1(F)F. The number of likely N-dealkylation sites (tertiary alicyclic amines) is 1. The topological polar surface area (TPSA) is 112 Å². The quantitative estimate of drug-likeness (QED) is 0.325. The van der Waals surface area contributed by atoms with Gasteiger partial charge in [0, 0.05) is 24.5 Å². The number of rotatable bonds is 7. The van der Waals surface area contributed by atoms with Crippen molar-refractivity contribution in [3.63, 3.8) is 0 Å². The van der Waals surface area contributed by atoms with E-state index in [1.54, 1.807) is 29.9 Å². The van der Waals surface area contributed by atoms with Crippen molar-refractivity contribution in [1.82, 2.24) is 34.4 Å². The highest BCUT2D eigenvalue weighted by atomic mass is 19.3. The molecule has 1 N–H and O–H groups in total. The Labute approximate surface area is 221 Å². The van der Waals surface area contributed by atoms with Gasteiger partial charge < -0.3 is 19.5 Å². The lowest BCUT2D eigenvalue weighted by molar-refractivity contribution is -0.0617. The molecule has 5 heterocycles. The molecule has 0 unspecified atom stereocenters. The van der Waals surface area contributed by atoms with Crippen LogP contribution in [0.5, 0.6) is 23.1 Å². The van der Waals surface area contributed by atoms with Gasteiger partial charge in [0.25, 0.3) is 11.8 Å². The molecule has 0 aliphatic carbocycles. The van der Waals surface area contributed by atoms with Crippen molar-refractivity contribution in [2.75, 3.05) is 32.6 Å². The molecule has 4 aromatic heterocycles. The van der Waals surface area contributed by atoms with Crippen LogP contribution in [-0.2, 0) is 0 Å². The van der Waals surface area contributed by atoms with E-state index in [2.05, 4.69) is 30.4 Å². The van der Waals surface area contributed by atoms with Gasteiger partial charge >= 0.3 is 0 Å². The number of aromatic nitrogens is 6. The molecular formula is C26H24F2N8O3. The van der Waals surface area contributed by atoms with E-state index >= 15 is 0 Å². The summed E-state index contributed by atoms with van der Waals surface area (Å²) in [5, 5.41) is 7.72. The normalized spacial score (nSPS) is 17.0. The maximum Gasteiger partial charge on any atom is 0.297 e. The molecule has 39 heavy (non-hydrogen) atoms. The van der Waals surface area contributed by atoms with E-state index in [9.17, 15) is 8.78 Å². The van der Waals surface area contributed by atoms with Gasteiger partial charge in [0.05, 0.1) is 30.8 Å². The molecule has 200 valence electrons. The number of alkyl halides is 2. The van der Waals surface area contributed by atoms with Gasteiger partial charge in [-0.1, -0.05) is 0 Å². The maximum absolute atomic E-state index is 14.6. The summed E-state index contributed by atoms with van der Waals surface area (Å²) in [6.45, 7) is 1.56. The van der Waals surface area contributed by atoms with Crippen LogP contribution >= 0.6 is 0 Å². The van der Waals surface area contributed by atoms with E-state index in [1.165, 1.54) is 30.9 Å². The summed E-state index contributed by atoms with van der Waals surface area (Å²) >= 11 is 0. The van der Waals surface area contributed by atoms with Gasteiger partial charge in [-0.2, -0.15) is 5.10 Å². The molecule has 1 atom stereocenters. The number of pyridine rings is 2. The number of hydrogen-bond donors (Lipinski definition) is 1. The van der Waals surface area contributed by atoms with Crippen LogP contribution in [0.4, 0.5) is 20.3 Å². The molecule has 6 rings (SSSR count). The molecular weight excluding hydrogens is 510 g/mol. The van der Waals surface area contributed by atoms with Crippen LogP contribution in [0.25, 0.3) is 16.6 Å². The van der Waals surface area contributed by atoms with E-state index in [0.29, 0.717) is 39.6 Å². The van der Waals surface area contributed by atoms with E-state index in [1.807, 2.05) is 25.1 Å². The van der Waals surface area contributed by atoms with Gasteiger partial charge in [0.2, 0.25) is 0 Å². The van der Waals surface area contributed by atoms with Crippen molar-refractivity contribution < 1.29 is 23.0 Å². The number of halogens is 2. The van der Waals surface area contributed by atoms with Crippen molar-refractivity contribution in [2.24, 2.45) is 0 Å². The van der Waals surface area contributed by atoms with E-state index < -0.39 is 18.6 Å². The summed E-state index contributed by atoms with van der Waals surface area (Å²) in [6, 6.07) is 9.13. The third-order valence-electron chi connectivity index (χ3n) is 6.40. The fourth-order valence-electron chi connectivity index (χ4n) is 4.53. The van der Waals surface area contributed by atoms with Gasteiger partial charge in [-0.15, -0.1) is 0 Å². The third kappa shape index (κ3) is 4.72. The van der Waals surface area contributed by atoms with Crippen molar-refractivity contribution in [3.05, 3.63) is 60.9 Å². The Hall–Kier alpha value is -4.65. The molecule has 1 aliphatic heterocycles. The zero-order valence-corrected chi connectivity index (χ0v) is 21.3. The standard InChI is InChI=1S/C26H24F2N8O3/c1-15-8-16(4-5-19(15)38-17-6-7-36-21(9-17)31-14-33-36)34-24-22-18(30-13-32-24)10-29-25(37-3)23(22)39-20-11-35(2)12-26(20,27)28/h4-10,13-14,20H,11-12H2,1-3H3,(H,30,32,34)/t20-/m0/s1. The lowest BCUT2D eigenvalue weighted by Crippen LogP contribution is -2.36. The fourth-order valence-corrected chi connectivity index (χ4v) is 4.53. The van der Waals surface area contributed by atoms with E-state index in [-0.39, 0.29) is 18.2 Å². The van der Waals surface area contributed by atoms with Crippen LogP contribution < -0.4 is 19.5 Å². The van der Waals surface area contributed by atoms with Gasteiger partial charge in [-0.25, -0.2) is 33.2 Å². The van der Waals surface area contributed by atoms with Crippen LogP contribution in [0, 0.1) is 6.92 Å². The number of benzene rings is 1. The Kier molecular flexibility index (Phi) is 6.06. The third-order valence-corrected chi connectivity index (χ3v) is 6.40. The summed E-state index contributed by atoms with van der Waals surface area (Å²) in [5.74, 6) is -1.29. The summed E-state index contributed by atoms with van der Waals surface area (Å²) in [6.07, 6.45) is 4.71. The predicted molar refractivity (Wildman–Crippen MR) is 138 cm³/mol. The molecule has 0 amide bonds. The second kappa shape index (κ2) is 9.58. The van der Waals surface area contributed by atoms with Crippen LogP contribution in [0.3, 0.4) is 0 Å². The first kappa shape index (κ1) is 24.7. The molecule has 1 saturated heterocycles. The van der Waals surface area contributed by atoms with E-state index in [0.717, 1.165) is 5.56 Å². The smallest absolute Gasteiger partial charge is 0.297 e. The number of nitrogens with one attached hydrogen (secondary N) is 1. The number of ether oxygens (including phenoxy) is 3. The van der Waals surface area contributed by atoms with Crippen molar-refractivity contribution in [1.29, 1.82) is 0 Å². The molecule has 0 saturated carbocycles. The first-order valence-electron chi connectivity index (χ1n) is 12.1. The van der Waals surface area contributed by atoms with Gasteiger partial charge in [0.1, 0.15) is 30.0 Å². The largest absolute Gasteiger partial charge is 0.478 e. The van der Waals surface area contributed by atoms with E-state index in [4.69, 9.17) is 14.2 Å². The average molecular weight is 535 g/mol. The summed E-state index contributed by atoms with van der Waals surface area (Å²) in [7, 11) is 3.02. The average Bonchev–Trinajstić information content (AvgIpc) is 3.47. The van der Waals surface area contributed by atoms with Crippen LogP contribution in [-0.4, -0.2) is 73.7 Å². The molecule has 11 nitrogen and oxygen atoms in total. The highest BCUT2D eigenvalue weighted by Crippen LogP contribution is 2.41. The van der Waals surface area contributed by atoms with Crippen LogP contribution in [0.15, 0.2) is 55.4 Å². The molecule has 1 fully saturated rings. The zero-order chi connectivity index (χ0) is 27.1. The molecule has 0 bridgehead atoms. The first-order chi connectivity index (χ1) is 18.8. The number of methoxy groups -OCH3 is 1. The minimum absolute atomic E-state index is 0.0493. The number of likely N-dealkylation sites (N-methyl/N-ethyl adjacent to an activating group) is 1. The molecule has 0 radical (unpaired) electrons. The maximum atomic E-state index is 14.6. The number of fused-ring (bicyclic) bond motifs is 2. The Morgan fingerprint density at radius 3 is 2.72 bits per heavy atom. The minimum Gasteiger partial charge on any atom is -0.478 e. The van der Waals surface area contributed by atoms with Gasteiger partial charge in [0.15, 0.2) is 17.5 Å². The molecule has 1 aliphatic rings. The second-order valence-electron chi connectivity index (χ2n) is 9.28. The number of nitrogens with zero attached hydrogens (tertiary/aromatic N) is 7. The Balaban J connectivity index is 1.31. The number of hydrogen-bond acceptors (Lipinski definition) is 10. The molecule has 1 aromatic carbocycles. The number of aryl methyl sites for hydroxylation is 1. The van der Waals surface area contributed by atoms with Crippen molar-refractivity contribution in [3.8, 4) is 23.1 Å². The summed E-state index contributed by atoms with van der Waals surface area (Å²) in [5.41, 5.74) is 2.63. The predicted octanol–water partition coefficient (Wildman–Crippen LogP) is 4.25. The Morgan fingerprint density at radius 1 is 1.08 bits per heavy atom. The monoisotopic (exact) mass is 534 g/mol. The molecule has 5 aromatic rings. The zero-order valence-electron chi connectivity index (χ0n) is 21.3. The minimum atomic E-state index is -3.04.